The molecule has 2 atom stereocenters. The van der Waals surface area contributed by atoms with Crippen molar-refractivity contribution in [3.05, 3.63) is 52.0 Å². The number of hydrogen-bond donors (Lipinski definition) is 1. The maximum atomic E-state index is 6.22. The summed E-state index contributed by atoms with van der Waals surface area (Å²) in [5.41, 5.74) is 10.7. The fraction of sp³-hybridized carbons (Fsp3) is 0.357. The van der Waals surface area contributed by atoms with Gasteiger partial charge in [-0.05, 0) is 24.0 Å². The van der Waals surface area contributed by atoms with Gasteiger partial charge < -0.3 is 10.5 Å². The van der Waals surface area contributed by atoms with Crippen molar-refractivity contribution in [2.75, 3.05) is 6.61 Å². The van der Waals surface area contributed by atoms with Crippen LogP contribution in [0.1, 0.15) is 34.6 Å². The van der Waals surface area contributed by atoms with E-state index < -0.39 is 0 Å². The molecule has 0 aliphatic carbocycles. The van der Waals surface area contributed by atoms with E-state index in [9.17, 15) is 0 Å². The molecule has 4 heteroatoms. The van der Waals surface area contributed by atoms with Crippen molar-refractivity contribution < 1.29 is 4.74 Å². The first-order valence-corrected chi connectivity index (χ1v) is 7.06. The SMILES string of the molecule is NC(CC1OCCc2ccccc21)c1cncs1. The van der Waals surface area contributed by atoms with Gasteiger partial charge >= 0.3 is 0 Å². The molecule has 1 aliphatic rings. The van der Waals surface area contributed by atoms with E-state index in [-0.39, 0.29) is 12.1 Å². The summed E-state index contributed by atoms with van der Waals surface area (Å²) in [7, 11) is 0. The molecule has 0 radical (unpaired) electrons. The van der Waals surface area contributed by atoms with Gasteiger partial charge in [0, 0.05) is 17.1 Å². The molecule has 1 aliphatic heterocycles. The van der Waals surface area contributed by atoms with E-state index in [2.05, 4.69) is 29.2 Å². The summed E-state index contributed by atoms with van der Waals surface area (Å²) >= 11 is 1.61. The van der Waals surface area contributed by atoms with Crippen molar-refractivity contribution in [2.45, 2.75) is 25.0 Å². The molecule has 2 unspecified atom stereocenters. The highest BCUT2D eigenvalue weighted by molar-refractivity contribution is 7.09. The van der Waals surface area contributed by atoms with E-state index in [4.69, 9.17) is 10.5 Å². The Bertz CT molecular complexity index is 512. The third-order valence-corrected chi connectivity index (χ3v) is 4.28. The smallest absolute Gasteiger partial charge is 0.0846 e. The fourth-order valence-corrected chi connectivity index (χ4v) is 3.06. The van der Waals surface area contributed by atoms with Gasteiger partial charge in [-0.1, -0.05) is 24.3 Å². The standard InChI is InChI=1S/C14H16N2OS/c15-12(14-8-16-9-18-14)7-13-11-4-2-1-3-10(11)5-6-17-13/h1-4,8-9,12-13H,5-7,15H2. The number of nitrogens with zero attached hydrogens (tertiary/aromatic N) is 1. The maximum absolute atomic E-state index is 6.22. The molecule has 1 aromatic heterocycles. The number of aromatic nitrogens is 1. The van der Waals surface area contributed by atoms with Crippen LogP contribution in [0.3, 0.4) is 0 Å². The molecule has 2 N–H and O–H groups in total. The molecular formula is C14H16N2OS. The van der Waals surface area contributed by atoms with Crippen LogP contribution in [0.5, 0.6) is 0 Å². The molecule has 0 spiro atoms. The third kappa shape index (κ3) is 2.32. The van der Waals surface area contributed by atoms with E-state index in [1.807, 2.05) is 11.7 Å². The van der Waals surface area contributed by atoms with Crippen molar-refractivity contribution >= 4 is 11.3 Å². The molecule has 18 heavy (non-hydrogen) atoms. The second-order valence-corrected chi connectivity index (χ2v) is 5.47. The van der Waals surface area contributed by atoms with Gasteiger partial charge in [-0.25, -0.2) is 0 Å². The van der Waals surface area contributed by atoms with Crippen LogP contribution in [-0.2, 0) is 11.2 Å². The zero-order valence-electron chi connectivity index (χ0n) is 10.1. The molecule has 3 nitrogen and oxygen atoms in total. The van der Waals surface area contributed by atoms with E-state index in [0.29, 0.717) is 0 Å². The van der Waals surface area contributed by atoms with Crippen LogP contribution in [0.15, 0.2) is 36.0 Å². The van der Waals surface area contributed by atoms with Crippen molar-refractivity contribution in [3.8, 4) is 0 Å². The summed E-state index contributed by atoms with van der Waals surface area (Å²) in [4.78, 5) is 5.20. The Morgan fingerprint density at radius 1 is 1.44 bits per heavy atom. The van der Waals surface area contributed by atoms with Crippen LogP contribution in [0.25, 0.3) is 0 Å². The molecule has 0 saturated heterocycles. The number of benzene rings is 1. The molecule has 2 aromatic rings. The molecule has 0 bridgehead atoms. The first kappa shape index (κ1) is 11.8. The van der Waals surface area contributed by atoms with Gasteiger partial charge in [-0.2, -0.15) is 0 Å². The molecule has 0 saturated carbocycles. The zero-order valence-corrected chi connectivity index (χ0v) is 10.9. The Hall–Kier alpha value is -1.23. The maximum Gasteiger partial charge on any atom is 0.0846 e. The van der Waals surface area contributed by atoms with Gasteiger partial charge in [0.05, 0.1) is 18.2 Å². The van der Waals surface area contributed by atoms with E-state index in [1.54, 1.807) is 11.3 Å². The minimum atomic E-state index is 0.00801. The van der Waals surface area contributed by atoms with Crippen molar-refractivity contribution in [1.82, 2.24) is 4.98 Å². The summed E-state index contributed by atoms with van der Waals surface area (Å²) in [6.07, 6.45) is 3.79. The quantitative estimate of drug-likeness (QED) is 0.923. The second-order valence-electron chi connectivity index (χ2n) is 4.55. The Labute approximate surface area is 111 Å². The Balaban J connectivity index is 1.78. The highest BCUT2D eigenvalue weighted by atomic mass is 32.1. The van der Waals surface area contributed by atoms with Crippen molar-refractivity contribution in [1.29, 1.82) is 0 Å². The summed E-state index contributed by atoms with van der Waals surface area (Å²) < 4.78 is 5.88. The van der Waals surface area contributed by atoms with Gasteiger partial charge in [-0.15, -0.1) is 11.3 Å². The van der Waals surface area contributed by atoms with Crippen LogP contribution < -0.4 is 5.73 Å². The summed E-state index contributed by atoms with van der Waals surface area (Å²) in [6, 6.07) is 8.50. The Morgan fingerprint density at radius 2 is 2.33 bits per heavy atom. The van der Waals surface area contributed by atoms with E-state index >= 15 is 0 Å². The van der Waals surface area contributed by atoms with Crippen molar-refractivity contribution in [3.63, 3.8) is 0 Å². The number of rotatable bonds is 3. The fourth-order valence-electron chi connectivity index (χ4n) is 2.43. The first-order chi connectivity index (χ1) is 8.84. The lowest BCUT2D eigenvalue weighted by Crippen LogP contribution is -2.21. The van der Waals surface area contributed by atoms with Crippen LogP contribution in [0.2, 0.25) is 0 Å². The summed E-state index contributed by atoms with van der Waals surface area (Å²) in [5, 5.41) is 0. The predicted molar refractivity (Wildman–Crippen MR) is 72.5 cm³/mol. The topological polar surface area (TPSA) is 48.1 Å². The average Bonchev–Trinajstić information content (AvgIpc) is 2.93. The molecular weight excluding hydrogens is 244 g/mol. The molecule has 2 heterocycles. The molecule has 0 amide bonds. The Kier molecular flexibility index (Phi) is 3.41. The first-order valence-electron chi connectivity index (χ1n) is 6.18. The highest BCUT2D eigenvalue weighted by Gasteiger charge is 2.23. The molecule has 1 aromatic carbocycles. The van der Waals surface area contributed by atoms with Gasteiger partial charge in [0.25, 0.3) is 0 Å². The molecule has 0 fully saturated rings. The summed E-state index contributed by atoms with van der Waals surface area (Å²) in [5.74, 6) is 0. The lowest BCUT2D eigenvalue weighted by Gasteiger charge is -2.27. The lowest BCUT2D eigenvalue weighted by molar-refractivity contribution is 0.0322. The normalized spacial score (nSPS) is 20.4. The van der Waals surface area contributed by atoms with Crippen LogP contribution in [0, 0.1) is 0 Å². The predicted octanol–water partition coefficient (Wildman–Crippen LogP) is 2.85. The van der Waals surface area contributed by atoms with E-state index in [1.165, 1.54) is 11.1 Å². The van der Waals surface area contributed by atoms with Gasteiger partial charge in [0.2, 0.25) is 0 Å². The average molecular weight is 260 g/mol. The molecule has 94 valence electrons. The number of ether oxygens (including phenoxy) is 1. The monoisotopic (exact) mass is 260 g/mol. The minimum Gasteiger partial charge on any atom is -0.373 e. The zero-order chi connectivity index (χ0) is 12.4. The largest absolute Gasteiger partial charge is 0.373 e. The molecule has 3 rings (SSSR count). The highest BCUT2D eigenvalue weighted by Crippen LogP contribution is 2.34. The third-order valence-electron chi connectivity index (χ3n) is 3.38. The van der Waals surface area contributed by atoms with Crippen LogP contribution in [-0.4, -0.2) is 11.6 Å². The summed E-state index contributed by atoms with van der Waals surface area (Å²) in [6.45, 7) is 0.789. The van der Waals surface area contributed by atoms with Gasteiger partial charge in [-0.3, -0.25) is 4.98 Å². The second kappa shape index (κ2) is 5.18. The lowest BCUT2D eigenvalue weighted by atomic mass is 9.93. The van der Waals surface area contributed by atoms with Crippen molar-refractivity contribution in [2.24, 2.45) is 5.73 Å². The number of nitrogens with two attached hydrogens (primary N) is 1. The van der Waals surface area contributed by atoms with Gasteiger partial charge in [0.15, 0.2) is 0 Å². The van der Waals surface area contributed by atoms with Crippen LogP contribution >= 0.6 is 11.3 Å². The van der Waals surface area contributed by atoms with Crippen LogP contribution in [0.4, 0.5) is 0 Å². The number of fused-ring (bicyclic) bond motifs is 1. The minimum absolute atomic E-state index is 0.00801. The number of thiazole rings is 1. The Morgan fingerprint density at radius 3 is 3.17 bits per heavy atom. The van der Waals surface area contributed by atoms with Gasteiger partial charge in [0.1, 0.15) is 0 Å². The number of hydrogen-bond acceptors (Lipinski definition) is 4. The van der Waals surface area contributed by atoms with E-state index in [0.717, 1.165) is 24.3 Å².